The SMILES string of the molecule is C[C@@]1(O)CCC[C@H]1n1c(=O)c(C(F)F)cc2cnc(NC3CCN(S(=O)(=O)c4cccc(N5CCC(Oc6ccc(C7CCC(=O)NC7=O)cc6)CC5)c4)CC3)nc21. The summed E-state index contributed by atoms with van der Waals surface area (Å²) in [4.78, 5) is 48.4. The number of ether oxygens (including phenoxy) is 1. The van der Waals surface area contributed by atoms with E-state index in [0.29, 0.717) is 63.8 Å². The molecule has 1 aliphatic carbocycles. The van der Waals surface area contributed by atoms with Gasteiger partial charge >= 0.3 is 0 Å². The standard InChI is InChI=1S/C41H47F2N7O7S/c1-41(54)17-3-6-34(41)50-37-26(22-33(36(42)43)39(50)53)24-44-40(47-37)45-27-13-20-49(21-14-27)58(55,56)31-5-2-4-28(23-31)48-18-15-30(16-19-48)57-29-9-7-25(8-10-29)32-11-12-35(51)46-38(32)52/h2,4-5,7-10,22-24,27,30,32,34,36,54H,3,6,11-21H2,1H3,(H,44,45,47)(H,46,51,52)/t32?,34-,41-/m1/s1. The monoisotopic (exact) mass is 819 g/mol. The minimum absolute atomic E-state index is 0.0218. The lowest BCUT2D eigenvalue weighted by Gasteiger charge is -2.34. The maximum Gasteiger partial charge on any atom is 0.269 e. The molecule has 17 heteroatoms. The molecule has 1 saturated carbocycles. The minimum Gasteiger partial charge on any atom is -0.490 e. The molecule has 0 spiro atoms. The molecule has 8 rings (SSSR count). The van der Waals surface area contributed by atoms with Gasteiger partial charge in [0, 0.05) is 68.8 Å². The van der Waals surface area contributed by atoms with E-state index < -0.39 is 39.2 Å². The summed E-state index contributed by atoms with van der Waals surface area (Å²) in [5, 5.41) is 16.9. The Labute approximate surface area is 334 Å². The molecule has 2 amide bonds. The number of sulfonamides is 1. The van der Waals surface area contributed by atoms with Crippen molar-refractivity contribution >= 4 is 44.5 Å². The second-order valence-electron chi connectivity index (χ2n) is 16.0. The highest BCUT2D eigenvalue weighted by molar-refractivity contribution is 7.89. The van der Waals surface area contributed by atoms with Crippen molar-refractivity contribution in [3.63, 3.8) is 0 Å². The zero-order valence-corrected chi connectivity index (χ0v) is 33.0. The first kappa shape index (κ1) is 39.8. The van der Waals surface area contributed by atoms with Crippen LogP contribution in [0.15, 0.2) is 70.5 Å². The van der Waals surface area contributed by atoms with Crippen LogP contribution < -0.4 is 25.8 Å². The maximum atomic E-state index is 13.9. The number of amides is 2. The van der Waals surface area contributed by atoms with Gasteiger partial charge in [0.05, 0.1) is 28.0 Å². The highest BCUT2D eigenvalue weighted by atomic mass is 32.2. The Morgan fingerprint density at radius 2 is 1.71 bits per heavy atom. The fourth-order valence-electron chi connectivity index (χ4n) is 8.82. The number of aromatic nitrogens is 3. The third-order valence-corrected chi connectivity index (χ3v) is 14.0. The van der Waals surface area contributed by atoms with E-state index in [9.17, 15) is 36.7 Å². The van der Waals surface area contributed by atoms with Crippen LogP contribution in [0.4, 0.5) is 20.4 Å². The van der Waals surface area contributed by atoms with Gasteiger partial charge in [0.15, 0.2) is 0 Å². The van der Waals surface area contributed by atoms with E-state index in [1.54, 1.807) is 25.1 Å². The number of hydrogen-bond acceptors (Lipinski definition) is 11. The molecule has 2 aromatic carbocycles. The summed E-state index contributed by atoms with van der Waals surface area (Å²) in [5.41, 5.74) is -0.987. The van der Waals surface area contributed by atoms with Crippen molar-refractivity contribution in [3.05, 3.63) is 82.3 Å². The smallest absolute Gasteiger partial charge is 0.269 e. The molecule has 4 fully saturated rings. The second kappa shape index (κ2) is 16.0. The molecule has 3 atom stereocenters. The molecule has 2 aromatic heterocycles. The number of fused-ring (bicyclic) bond motifs is 1. The van der Waals surface area contributed by atoms with Gasteiger partial charge in [-0.15, -0.1) is 0 Å². The van der Waals surface area contributed by atoms with E-state index >= 15 is 0 Å². The molecule has 3 saturated heterocycles. The molecule has 4 aliphatic rings. The van der Waals surface area contributed by atoms with Crippen LogP contribution in [0.3, 0.4) is 0 Å². The first-order valence-electron chi connectivity index (χ1n) is 19.9. The largest absolute Gasteiger partial charge is 0.490 e. The van der Waals surface area contributed by atoms with Crippen molar-refractivity contribution in [3.8, 4) is 5.75 Å². The van der Waals surface area contributed by atoms with Crippen LogP contribution in [-0.4, -0.2) is 88.1 Å². The fourth-order valence-corrected chi connectivity index (χ4v) is 10.3. The Bertz CT molecular complexity index is 2360. The number of carbonyl (C=O) groups is 2. The van der Waals surface area contributed by atoms with Crippen molar-refractivity contribution in [2.24, 2.45) is 0 Å². The van der Waals surface area contributed by atoms with Crippen LogP contribution in [0.25, 0.3) is 11.0 Å². The Morgan fingerprint density at radius 1 is 0.966 bits per heavy atom. The van der Waals surface area contributed by atoms with E-state index in [2.05, 4.69) is 25.5 Å². The number of piperidine rings is 3. The predicted molar refractivity (Wildman–Crippen MR) is 212 cm³/mol. The summed E-state index contributed by atoms with van der Waals surface area (Å²) in [6, 6.07) is 14.7. The molecule has 3 N–H and O–H groups in total. The van der Waals surface area contributed by atoms with Gasteiger partial charge in [0.1, 0.15) is 17.5 Å². The van der Waals surface area contributed by atoms with Crippen molar-refractivity contribution < 1.29 is 36.6 Å². The molecule has 4 aromatic rings. The topological polar surface area (TPSA) is 176 Å². The van der Waals surface area contributed by atoms with Gasteiger partial charge in [-0.25, -0.2) is 22.2 Å². The summed E-state index contributed by atoms with van der Waals surface area (Å²) >= 11 is 0. The molecule has 0 radical (unpaired) electrons. The molecule has 5 heterocycles. The third kappa shape index (κ3) is 8.03. The van der Waals surface area contributed by atoms with E-state index in [0.717, 1.165) is 30.2 Å². The first-order valence-corrected chi connectivity index (χ1v) is 21.4. The molecular formula is C41H47F2N7O7S. The maximum absolute atomic E-state index is 13.9. The minimum atomic E-state index is -3.80. The van der Waals surface area contributed by atoms with Gasteiger partial charge in [-0.2, -0.15) is 9.29 Å². The molecule has 1 unspecified atom stereocenters. The number of halogens is 2. The number of hydrogen-bond donors (Lipinski definition) is 3. The summed E-state index contributed by atoms with van der Waals surface area (Å²) < 4.78 is 64.4. The van der Waals surface area contributed by atoms with Crippen LogP contribution in [-0.2, 0) is 19.6 Å². The van der Waals surface area contributed by atoms with Crippen LogP contribution in [0.2, 0.25) is 0 Å². The number of rotatable bonds is 10. The van der Waals surface area contributed by atoms with E-state index in [1.807, 2.05) is 30.3 Å². The normalized spacial score (nSPS) is 24.1. The summed E-state index contributed by atoms with van der Waals surface area (Å²) in [5.74, 6) is 0.0297. The van der Waals surface area contributed by atoms with E-state index in [1.165, 1.54) is 15.1 Å². The number of imide groups is 1. The Balaban J connectivity index is 0.872. The second-order valence-corrected chi connectivity index (χ2v) is 17.9. The van der Waals surface area contributed by atoms with Crippen molar-refractivity contribution in [1.82, 2.24) is 24.2 Å². The Kier molecular flexibility index (Phi) is 11.0. The molecule has 14 nitrogen and oxygen atoms in total. The Hall–Kier alpha value is -5.00. The average Bonchev–Trinajstić information content (AvgIpc) is 3.56. The number of nitrogens with one attached hydrogen (secondary N) is 2. The van der Waals surface area contributed by atoms with Gasteiger partial charge < -0.3 is 20.1 Å². The zero-order valence-electron chi connectivity index (χ0n) is 32.1. The number of carbonyl (C=O) groups excluding carboxylic acids is 2. The number of nitrogens with zero attached hydrogens (tertiary/aromatic N) is 5. The van der Waals surface area contributed by atoms with Gasteiger partial charge in [0.25, 0.3) is 12.0 Å². The zero-order chi connectivity index (χ0) is 40.8. The Morgan fingerprint density at radius 3 is 2.38 bits per heavy atom. The van der Waals surface area contributed by atoms with Crippen molar-refractivity contribution in [2.75, 3.05) is 36.4 Å². The van der Waals surface area contributed by atoms with Crippen LogP contribution >= 0.6 is 0 Å². The molecule has 58 heavy (non-hydrogen) atoms. The lowest BCUT2D eigenvalue weighted by Crippen LogP contribution is -2.42. The first-order chi connectivity index (χ1) is 27.8. The summed E-state index contributed by atoms with van der Waals surface area (Å²) in [6.45, 7) is 3.47. The lowest BCUT2D eigenvalue weighted by atomic mass is 9.90. The van der Waals surface area contributed by atoms with Crippen LogP contribution in [0.5, 0.6) is 5.75 Å². The fraction of sp³-hybridized carbons (Fsp3) is 0.488. The molecule has 0 bridgehead atoms. The van der Waals surface area contributed by atoms with Gasteiger partial charge in [0.2, 0.25) is 27.8 Å². The highest BCUT2D eigenvalue weighted by Crippen LogP contribution is 2.40. The molecule has 3 aliphatic heterocycles. The van der Waals surface area contributed by atoms with Crippen LogP contribution in [0.1, 0.15) is 94.2 Å². The van der Waals surface area contributed by atoms with Gasteiger partial charge in [-0.1, -0.05) is 18.2 Å². The van der Waals surface area contributed by atoms with Crippen molar-refractivity contribution in [1.29, 1.82) is 0 Å². The average molecular weight is 820 g/mol. The number of pyridine rings is 1. The number of benzene rings is 2. The summed E-state index contributed by atoms with van der Waals surface area (Å²) in [6.07, 6.45) is 3.09. The quantitative estimate of drug-likeness (QED) is 0.183. The van der Waals surface area contributed by atoms with E-state index in [4.69, 9.17) is 4.74 Å². The molecular weight excluding hydrogens is 773 g/mol. The third-order valence-electron chi connectivity index (χ3n) is 12.1. The van der Waals surface area contributed by atoms with Crippen LogP contribution in [0, 0.1) is 0 Å². The number of anilines is 2. The summed E-state index contributed by atoms with van der Waals surface area (Å²) in [7, 11) is -3.80. The highest BCUT2D eigenvalue weighted by Gasteiger charge is 2.40. The lowest BCUT2D eigenvalue weighted by molar-refractivity contribution is -0.134. The molecule has 308 valence electrons. The van der Waals surface area contributed by atoms with Crippen molar-refractivity contribution in [2.45, 2.75) is 106 Å². The number of alkyl halides is 2. The van der Waals surface area contributed by atoms with Gasteiger partial charge in [-0.05, 0) is 87.4 Å². The number of aliphatic hydroxyl groups is 1. The van der Waals surface area contributed by atoms with E-state index in [-0.39, 0.29) is 64.8 Å². The van der Waals surface area contributed by atoms with Gasteiger partial charge in [-0.3, -0.25) is 24.3 Å². The predicted octanol–water partition coefficient (Wildman–Crippen LogP) is 5.04.